The lowest BCUT2D eigenvalue weighted by Gasteiger charge is -2.38. The van der Waals surface area contributed by atoms with Gasteiger partial charge in [0.25, 0.3) is 0 Å². The molecule has 3 heteroatoms. The van der Waals surface area contributed by atoms with Crippen molar-refractivity contribution < 1.29 is 8.78 Å². The van der Waals surface area contributed by atoms with E-state index in [1.165, 1.54) is 38.5 Å². The molecule has 1 aromatic carbocycles. The van der Waals surface area contributed by atoms with Crippen molar-refractivity contribution in [3.63, 3.8) is 0 Å². The van der Waals surface area contributed by atoms with E-state index in [1.54, 1.807) is 19.1 Å². The molecule has 125 valence electrons. The molecule has 3 rings (SSSR count). The molecule has 0 aromatic heterocycles. The van der Waals surface area contributed by atoms with Crippen molar-refractivity contribution in [2.45, 2.75) is 70.3 Å². The van der Waals surface area contributed by atoms with Crippen LogP contribution in [-0.2, 0) is 0 Å². The van der Waals surface area contributed by atoms with Crippen LogP contribution in [0.1, 0.15) is 68.4 Å². The number of benzene rings is 1. The molecule has 2 aliphatic rings. The Morgan fingerprint density at radius 1 is 0.870 bits per heavy atom. The normalized spacial score (nSPS) is 32.0. The highest BCUT2D eigenvalue weighted by Crippen LogP contribution is 2.44. The van der Waals surface area contributed by atoms with Gasteiger partial charge in [0.2, 0.25) is 0 Å². The van der Waals surface area contributed by atoms with Gasteiger partial charge in [-0.05, 0) is 80.2 Å². The summed E-state index contributed by atoms with van der Waals surface area (Å²) < 4.78 is 28.0. The third-order valence-electron chi connectivity index (χ3n) is 6.36. The lowest BCUT2D eigenvalue weighted by atomic mass is 9.68. The van der Waals surface area contributed by atoms with E-state index in [4.69, 9.17) is 0 Å². The maximum absolute atomic E-state index is 14.2. The van der Waals surface area contributed by atoms with E-state index in [0.29, 0.717) is 11.1 Å². The topological polar surface area (TPSA) is 0 Å². The lowest BCUT2D eigenvalue weighted by molar-refractivity contribution is 0.164. The maximum Gasteiger partial charge on any atom is 0.162 e. The van der Waals surface area contributed by atoms with Crippen LogP contribution >= 0.6 is 0 Å². The molecule has 23 heavy (non-hydrogen) atoms. The molecular weight excluding hydrogens is 306 g/mol. The Bertz CT molecular complexity index is 527. The Morgan fingerprint density at radius 3 is 2.00 bits per heavy atom. The first-order valence-corrected chi connectivity index (χ1v) is 9.90. The number of halogens is 2. The van der Waals surface area contributed by atoms with Crippen molar-refractivity contribution in [1.82, 2.24) is 0 Å². The molecule has 2 aliphatic carbocycles. The third-order valence-corrected chi connectivity index (χ3v) is 6.94. The molecule has 0 nitrogen and oxygen atoms in total. The van der Waals surface area contributed by atoms with Crippen molar-refractivity contribution in [2.24, 2.45) is 17.8 Å². The standard InChI is InChI=1S/C20H27F2Si/c1-13-2-11-18(20(22)19(13)21)17-9-7-16(8-10-17)15-5-3-14(12-23)4-6-15/h2,11,14-17H,3-10,12H2,1H3. The van der Waals surface area contributed by atoms with Gasteiger partial charge in [-0.3, -0.25) is 0 Å². The van der Waals surface area contributed by atoms with Crippen molar-refractivity contribution in [3.8, 4) is 0 Å². The second-order valence-electron chi connectivity index (χ2n) is 7.70. The summed E-state index contributed by atoms with van der Waals surface area (Å²) in [5, 5.41) is 0. The first-order chi connectivity index (χ1) is 11.1. The zero-order valence-corrected chi connectivity index (χ0v) is 15.1. The van der Waals surface area contributed by atoms with Crippen LogP contribution in [0.4, 0.5) is 8.78 Å². The zero-order valence-electron chi connectivity index (χ0n) is 14.1. The van der Waals surface area contributed by atoms with Gasteiger partial charge >= 0.3 is 0 Å². The van der Waals surface area contributed by atoms with Gasteiger partial charge in [0.15, 0.2) is 11.6 Å². The monoisotopic (exact) mass is 333 g/mol. The van der Waals surface area contributed by atoms with Gasteiger partial charge in [-0.1, -0.05) is 31.0 Å². The van der Waals surface area contributed by atoms with Crippen LogP contribution in [0.5, 0.6) is 0 Å². The van der Waals surface area contributed by atoms with E-state index < -0.39 is 11.6 Å². The summed E-state index contributed by atoms with van der Waals surface area (Å²) in [6.45, 7) is 1.63. The van der Waals surface area contributed by atoms with Gasteiger partial charge in [0, 0.05) is 10.2 Å². The van der Waals surface area contributed by atoms with Crippen molar-refractivity contribution in [2.75, 3.05) is 0 Å². The largest absolute Gasteiger partial charge is 0.203 e. The van der Waals surface area contributed by atoms with Gasteiger partial charge in [-0.2, -0.15) is 0 Å². The van der Waals surface area contributed by atoms with E-state index in [1.807, 2.05) is 0 Å². The Labute approximate surface area is 142 Å². The molecule has 0 heterocycles. The average molecular weight is 334 g/mol. The summed E-state index contributed by atoms with van der Waals surface area (Å²) in [4.78, 5) is 0. The van der Waals surface area contributed by atoms with E-state index in [0.717, 1.165) is 36.6 Å². The minimum atomic E-state index is -0.655. The Morgan fingerprint density at radius 2 is 1.43 bits per heavy atom. The van der Waals surface area contributed by atoms with E-state index >= 15 is 0 Å². The summed E-state index contributed by atoms with van der Waals surface area (Å²) >= 11 is 0. The first-order valence-electron chi connectivity index (χ1n) is 9.19. The Balaban J connectivity index is 1.58. The predicted octanol–water partition coefficient (Wildman–Crippen LogP) is 5.94. The molecule has 0 atom stereocenters. The van der Waals surface area contributed by atoms with Crippen LogP contribution in [0, 0.1) is 36.3 Å². The minimum absolute atomic E-state index is 0.208. The molecule has 3 radical (unpaired) electrons. The molecule has 1 aromatic rings. The van der Waals surface area contributed by atoms with Gasteiger partial charge in [0.05, 0.1) is 0 Å². The number of aryl methyl sites for hydroxylation is 1. The van der Waals surface area contributed by atoms with Crippen LogP contribution in [0.25, 0.3) is 0 Å². The van der Waals surface area contributed by atoms with Crippen LogP contribution in [0.3, 0.4) is 0 Å². The van der Waals surface area contributed by atoms with Crippen LogP contribution < -0.4 is 0 Å². The fraction of sp³-hybridized carbons (Fsp3) is 0.700. The SMILES string of the molecule is Cc1ccc(C2CCC(C3CCC(C[Si])CC3)CC2)c(F)c1F. The Kier molecular flexibility index (Phi) is 5.56. The highest BCUT2D eigenvalue weighted by molar-refractivity contribution is 6.08. The van der Waals surface area contributed by atoms with Gasteiger partial charge < -0.3 is 0 Å². The molecule has 0 spiro atoms. The minimum Gasteiger partial charge on any atom is -0.203 e. The summed E-state index contributed by atoms with van der Waals surface area (Å²) in [5.74, 6) is 1.48. The maximum atomic E-state index is 14.2. The summed E-state index contributed by atoms with van der Waals surface area (Å²) in [6.07, 6.45) is 9.82. The molecule has 2 saturated carbocycles. The van der Waals surface area contributed by atoms with Crippen LogP contribution in [0.15, 0.2) is 12.1 Å². The smallest absolute Gasteiger partial charge is 0.162 e. The highest BCUT2D eigenvalue weighted by Gasteiger charge is 2.32. The van der Waals surface area contributed by atoms with Gasteiger partial charge in [-0.15, -0.1) is 0 Å². The fourth-order valence-electron chi connectivity index (χ4n) is 4.74. The second kappa shape index (κ2) is 7.46. The molecule has 0 bridgehead atoms. The lowest BCUT2D eigenvalue weighted by Crippen LogP contribution is -2.25. The third kappa shape index (κ3) is 3.70. The van der Waals surface area contributed by atoms with Crippen molar-refractivity contribution >= 4 is 10.2 Å². The van der Waals surface area contributed by atoms with Gasteiger partial charge in [-0.25, -0.2) is 8.78 Å². The Hall–Kier alpha value is -0.703. The molecule has 0 N–H and O–H groups in total. The highest BCUT2D eigenvalue weighted by atomic mass is 28.1. The molecule has 0 unspecified atom stereocenters. The van der Waals surface area contributed by atoms with Crippen molar-refractivity contribution in [3.05, 3.63) is 34.9 Å². The van der Waals surface area contributed by atoms with Crippen LogP contribution in [-0.4, -0.2) is 10.2 Å². The van der Waals surface area contributed by atoms with Crippen LogP contribution in [0.2, 0.25) is 6.04 Å². The number of hydrogen-bond donors (Lipinski definition) is 0. The number of rotatable bonds is 3. The molecule has 2 fully saturated rings. The van der Waals surface area contributed by atoms with E-state index in [9.17, 15) is 8.78 Å². The van der Waals surface area contributed by atoms with Crippen molar-refractivity contribution in [1.29, 1.82) is 0 Å². The summed E-state index contributed by atoms with van der Waals surface area (Å²) in [7, 11) is 3.66. The average Bonchev–Trinajstić information content (AvgIpc) is 2.60. The number of hydrogen-bond acceptors (Lipinski definition) is 0. The predicted molar refractivity (Wildman–Crippen MR) is 91.8 cm³/mol. The van der Waals surface area contributed by atoms with E-state index in [2.05, 4.69) is 10.2 Å². The molecular formula is C20H27F2Si. The summed E-state index contributed by atoms with van der Waals surface area (Å²) in [6, 6.07) is 4.67. The molecule has 0 aliphatic heterocycles. The first kappa shape index (κ1) is 17.1. The van der Waals surface area contributed by atoms with Gasteiger partial charge in [0.1, 0.15) is 0 Å². The molecule has 0 saturated heterocycles. The second-order valence-corrected chi connectivity index (χ2v) is 8.10. The zero-order chi connectivity index (χ0) is 16.4. The molecule has 0 amide bonds. The van der Waals surface area contributed by atoms with E-state index in [-0.39, 0.29) is 5.92 Å². The fourth-order valence-corrected chi connectivity index (χ4v) is 5.15. The summed E-state index contributed by atoms with van der Waals surface area (Å²) in [5.41, 5.74) is 1.01. The quantitative estimate of drug-likeness (QED) is 0.600.